The highest BCUT2D eigenvalue weighted by molar-refractivity contribution is 5.76. The maximum atomic E-state index is 11.7. The zero-order valence-corrected chi connectivity index (χ0v) is 12.9. The summed E-state index contributed by atoms with van der Waals surface area (Å²) in [5.41, 5.74) is 1.31. The summed E-state index contributed by atoms with van der Waals surface area (Å²) in [5, 5.41) is 0. The summed E-state index contributed by atoms with van der Waals surface area (Å²) < 4.78 is 8.07. The molecule has 1 amide bonds. The fourth-order valence-corrected chi connectivity index (χ4v) is 2.40. The van der Waals surface area contributed by atoms with Gasteiger partial charge in [-0.1, -0.05) is 0 Å². The van der Waals surface area contributed by atoms with Crippen molar-refractivity contribution in [2.75, 3.05) is 27.2 Å². The highest BCUT2D eigenvalue weighted by atomic mass is 16.5. The van der Waals surface area contributed by atoms with Crippen LogP contribution in [0.15, 0.2) is 18.3 Å². The predicted molar refractivity (Wildman–Crippen MR) is 78.4 cm³/mol. The van der Waals surface area contributed by atoms with Crippen LogP contribution in [0.1, 0.15) is 19.5 Å². The lowest BCUT2D eigenvalue weighted by Gasteiger charge is -2.27. The van der Waals surface area contributed by atoms with Crippen molar-refractivity contribution in [1.82, 2.24) is 14.4 Å². The monoisotopic (exact) mass is 279 g/mol. The summed E-state index contributed by atoms with van der Waals surface area (Å²) >= 11 is 0. The quantitative estimate of drug-likeness (QED) is 0.831. The van der Waals surface area contributed by atoms with Crippen molar-refractivity contribution < 1.29 is 9.53 Å². The minimum absolute atomic E-state index is 0.0121. The lowest BCUT2D eigenvalue weighted by molar-refractivity contribution is -0.136. The Kier molecular flexibility index (Phi) is 4.83. The lowest BCUT2D eigenvalue weighted by Crippen LogP contribution is -2.39. The molecule has 0 aromatic carbocycles. The van der Waals surface area contributed by atoms with Crippen molar-refractivity contribution in [3.63, 3.8) is 0 Å². The molecule has 1 aliphatic rings. The standard InChI is InChI=1S/C15H25N3O2/c1-12(2)18-8-13-6-5-7-17(13)9-14(10-18)20-11-15(19)16(3)4/h5-7,12,14H,8-11H2,1-4H3/t14-/m1/s1. The first kappa shape index (κ1) is 15.1. The number of ether oxygens (including phenoxy) is 1. The molecule has 112 valence electrons. The highest BCUT2D eigenvalue weighted by Gasteiger charge is 2.24. The third-order valence-corrected chi connectivity index (χ3v) is 3.80. The van der Waals surface area contributed by atoms with Gasteiger partial charge in [0, 0.05) is 51.7 Å². The van der Waals surface area contributed by atoms with Crippen molar-refractivity contribution in [2.45, 2.75) is 39.1 Å². The second-order valence-corrected chi connectivity index (χ2v) is 5.90. The molecule has 2 rings (SSSR count). The van der Waals surface area contributed by atoms with Gasteiger partial charge in [-0.2, -0.15) is 0 Å². The van der Waals surface area contributed by atoms with E-state index < -0.39 is 0 Å². The topological polar surface area (TPSA) is 37.7 Å². The van der Waals surface area contributed by atoms with Gasteiger partial charge in [-0.05, 0) is 26.0 Å². The third-order valence-electron chi connectivity index (χ3n) is 3.80. The Morgan fingerprint density at radius 2 is 2.20 bits per heavy atom. The van der Waals surface area contributed by atoms with Crippen LogP contribution in [0.3, 0.4) is 0 Å². The molecular formula is C15H25N3O2. The molecule has 0 saturated carbocycles. The molecule has 0 unspecified atom stereocenters. The van der Waals surface area contributed by atoms with E-state index in [4.69, 9.17) is 4.74 Å². The van der Waals surface area contributed by atoms with Gasteiger partial charge in [0.05, 0.1) is 6.10 Å². The molecule has 5 heteroatoms. The van der Waals surface area contributed by atoms with E-state index in [1.807, 2.05) is 0 Å². The van der Waals surface area contributed by atoms with E-state index in [1.54, 1.807) is 19.0 Å². The number of nitrogens with zero attached hydrogens (tertiary/aromatic N) is 3. The molecule has 1 atom stereocenters. The van der Waals surface area contributed by atoms with E-state index in [0.717, 1.165) is 19.6 Å². The average molecular weight is 279 g/mol. The molecule has 0 spiro atoms. The first-order chi connectivity index (χ1) is 9.47. The van der Waals surface area contributed by atoms with Crippen LogP contribution in [0.2, 0.25) is 0 Å². The molecule has 0 radical (unpaired) electrons. The normalized spacial score (nSPS) is 19.8. The van der Waals surface area contributed by atoms with Crippen LogP contribution in [0, 0.1) is 0 Å². The number of rotatable bonds is 4. The predicted octanol–water partition coefficient (Wildman–Crippen LogP) is 1.19. The van der Waals surface area contributed by atoms with E-state index in [-0.39, 0.29) is 18.6 Å². The van der Waals surface area contributed by atoms with Crippen LogP contribution in [-0.4, -0.2) is 59.7 Å². The molecule has 5 nitrogen and oxygen atoms in total. The molecule has 1 aromatic rings. The van der Waals surface area contributed by atoms with Gasteiger partial charge in [-0.25, -0.2) is 0 Å². The van der Waals surface area contributed by atoms with Crippen molar-refractivity contribution in [3.05, 3.63) is 24.0 Å². The minimum Gasteiger partial charge on any atom is -0.365 e. The van der Waals surface area contributed by atoms with Gasteiger partial charge in [-0.15, -0.1) is 0 Å². The number of carbonyl (C=O) groups excluding carboxylic acids is 1. The van der Waals surface area contributed by atoms with Gasteiger partial charge in [0.1, 0.15) is 6.61 Å². The molecule has 0 fully saturated rings. The Hall–Kier alpha value is -1.33. The van der Waals surface area contributed by atoms with Gasteiger partial charge >= 0.3 is 0 Å². The zero-order chi connectivity index (χ0) is 14.7. The summed E-state index contributed by atoms with van der Waals surface area (Å²) in [4.78, 5) is 15.6. The van der Waals surface area contributed by atoms with Crippen LogP contribution in [0.25, 0.3) is 0 Å². The molecule has 0 aliphatic carbocycles. The van der Waals surface area contributed by atoms with Crippen molar-refractivity contribution in [2.24, 2.45) is 0 Å². The second kappa shape index (κ2) is 6.41. The summed E-state index contributed by atoms with van der Waals surface area (Å²) in [6.45, 7) is 7.15. The summed E-state index contributed by atoms with van der Waals surface area (Å²) in [5.74, 6) is 0.0121. The third kappa shape index (κ3) is 3.61. The van der Waals surface area contributed by atoms with Gasteiger partial charge in [0.2, 0.25) is 5.91 Å². The molecule has 2 heterocycles. The first-order valence-corrected chi connectivity index (χ1v) is 7.17. The van der Waals surface area contributed by atoms with Crippen LogP contribution >= 0.6 is 0 Å². The van der Waals surface area contributed by atoms with Crippen LogP contribution in [0.5, 0.6) is 0 Å². The largest absolute Gasteiger partial charge is 0.365 e. The van der Waals surface area contributed by atoms with E-state index in [0.29, 0.717) is 6.04 Å². The summed E-state index contributed by atoms with van der Waals surface area (Å²) in [7, 11) is 3.51. The molecule has 0 bridgehead atoms. The molecule has 1 aromatic heterocycles. The van der Waals surface area contributed by atoms with Gasteiger partial charge < -0.3 is 14.2 Å². The van der Waals surface area contributed by atoms with Crippen LogP contribution in [0.4, 0.5) is 0 Å². The SMILES string of the molecule is CC(C)N1Cc2cccn2C[C@@H](OCC(=O)N(C)C)C1. The number of hydrogen-bond donors (Lipinski definition) is 0. The molecule has 0 N–H and O–H groups in total. The Labute approximate surface area is 121 Å². The van der Waals surface area contributed by atoms with Crippen LogP contribution in [-0.2, 0) is 22.6 Å². The molecule has 20 heavy (non-hydrogen) atoms. The summed E-state index contributed by atoms with van der Waals surface area (Å²) in [6, 6.07) is 4.69. The fourth-order valence-electron chi connectivity index (χ4n) is 2.40. The number of carbonyl (C=O) groups is 1. The number of hydrogen-bond acceptors (Lipinski definition) is 3. The van der Waals surface area contributed by atoms with Gasteiger partial charge in [0.25, 0.3) is 0 Å². The molecule has 0 saturated heterocycles. The lowest BCUT2D eigenvalue weighted by atomic mass is 10.2. The average Bonchev–Trinajstić information content (AvgIpc) is 2.73. The van der Waals surface area contributed by atoms with E-state index in [1.165, 1.54) is 5.69 Å². The van der Waals surface area contributed by atoms with Crippen molar-refractivity contribution in [1.29, 1.82) is 0 Å². The van der Waals surface area contributed by atoms with E-state index in [9.17, 15) is 4.79 Å². The highest BCUT2D eigenvalue weighted by Crippen LogP contribution is 2.17. The maximum absolute atomic E-state index is 11.7. The second-order valence-electron chi connectivity index (χ2n) is 5.90. The van der Waals surface area contributed by atoms with Gasteiger partial charge in [-0.3, -0.25) is 9.69 Å². The summed E-state index contributed by atoms with van der Waals surface area (Å²) in [6.07, 6.45) is 2.14. The Bertz CT molecular complexity index is 454. The Balaban J connectivity index is 2.03. The van der Waals surface area contributed by atoms with Crippen molar-refractivity contribution in [3.8, 4) is 0 Å². The van der Waals surface area contributed by atoms with E-state index >= 15 is 0 Å². The zero-order valence-electron chi connectivity index (χ0n) is 12.9. The Morgan fingerprint density at radius 3 is 2.85 bits per heavy atom. The maximum Gasteiger partial charge on any atom is 0.248 e. The minimum atomic E-state index is 0.0121. The number of likely N-dealkylation sites (N-methyl/N-ethyl adjacent to an activating group) is 1. The van der Waals surface area contributed by atoms with Crippen molar-refractivity contribution >= 4 is 5.91 Å². The molecule has 1 aliphatic heterocycles. The number of aromatic nitrogens is 1. The van der Waals surface area contributed by atoms with Crippen LogP contribution < -0.4 is 0 Å². The smallest absolute Gasteiger partial charge is 0.248 e. The van der Waals surface area contributed by atoms with Gasteiger partial charge in [0.15, 0.2) is 0 Å². The fraction of sp³-hybridized carbons (Fsp3) is 0.667. The number of fused-ring (bicyclic) bond motifs is 1. The molecular weight excluding hydrogens is 254 g/mol. The van der Waals surface area contributed by atoms with E-state index in [2.05, 4.69) is 41.6 Å². The first-order valence-electron chi connectivity index (χ1n) is 7.17. The Morgan fingerprint density at radius 1 is 1.45 bits per heavy atom. The number of amides is 1.